The molecule has 2 rings (SSSR count). The Labute approximate surface area is 119 Å². The van der Waals surface area contributed by atoms with Gasteiger partial charge in [0.05, 0.1) is 7.11 Å². The fraction of sp³-hybridized carbons (Fsp3) is 0.231. The van der Waals surface area contributed by atoms with Crippen molar-refractivity contribution in [2.75, 3.05) is 12.4 Å². The lowest BCUT2D eigenvalue weighted by Gasteiger charge is -2.05. The van der Waals surface area contributed by atoms with Crippen LogP contribution in [0.3, 0.4) is 0 Å². The van der Waals surface area contributed by atoms with Crippen LogP contribution in [0.4, 0.5) is 5.69 Å². The normalized spacial score (nSPS) is 10.1. The quantitative estimate of drug-likeness (QED) is 0.718. The van der Waals surface area contributed by atoms with Crippen molar-refractivity contribution in [3.8, 4) is 5.75 Å². The van der Waals surface area contributed by atoms with E-state index in [4.69, 9.17) is 4.74 Å². The molecule has 3 N–H and O–H groups in total. The van der Waals surface area contributed by atoms with Gasteiger partial charge in [-0.15, -0.1) is 0 Å². The Morgan fingerprint density at radius 2 is 2.00 bits per heavy atom. The molecule has 0 radical (unpaired) electrons. The number of ether oxygens (including phenoxy) is 1. The fourth-order valence-electron chi connectivity index (χ4n) is 1.67. The Hall–Kier alpha value is -2.90. The average Bonchev–Trinajstić information content (AvgIpc) is 2.47. The van der Waals surface area contributed by atoms with E-state index in [9.17, 15) is 14.4 Å². The van der Waals surface area contributed by atoms with Crippen LogP contribution >= 0.6 is 0 Å². The van der Waals surface area contributed by atoms with E-state index >= 15 is 0 Å². The van der Waals surface area contributed by atoms with Gasteiger partial charge in [-0.1, -0.05) is 0 Å². The van der Waals surface area contributed by atoms with Crippen molar-refractivity contribution < 1.29 is 9.53 Å². The smallest absolute Gasteiger partial charge is 0.342 e. The molecule has 0 aliphatic rings. The van der Waals surface area contributed by atoms with Crippen molar-refractivity contribution in [2.24, 2.45) is 0 Å². The summed E-state index contributed by atoms with van der Waals surface area (Å²) in [7, 11) is 1.56. The van der Waals surface area contributed by atoms with Gasteiger partial charge in [-0.3, -0.25) is 14.6 Å². The molecule has 1 aromatic heterocycles. The number of carbonyl (C=O) groups is 1. The zero-order valence-corrected chi connectivity index (χ0v) is 11.3. The van der Waals surface area contributed by atoms with Crippen molar-refractivity contribution >= 4 is 11.6 Å². The number of nitrogens with one attached hydrogen (secondary N) is 3. The van der Waals surface area contributed by atoms with Crippen LogP contribution in [0.2, 0.25) is 0 Å². The summed E-state index contributed by atoms with van der Waals surface area (Å²) in [5, 5.41) is 8.41. The largest absolute Gasteiger partial charge is 0.497 e. The molecule has 0 unspecified atom stereocenters. The average molecular weight is 290 g/mol. The molecule has 0 saturated heterocycles. The second-order valence-electron chi connectivity index (χ2n) is 4.23. The number of carbonyl (C=O) groups excluding carboxylic acids is 1. The zero-order valence-electron chi connectivity index (χ0n) is 11.3. The standard InChI is InChI=1S/C13H14N4O4/c1-21-9-4-2-8(3-5-9)14-11(18)7-6-10-12(19)15-13(20)17-16-10/h2-5H,6-7H2,1H3,(H,14,18)(H2,15,17,19,20). The van der Waals surface area contributed by atoms with Gasteiger partial charge in [0.25, 0.3) is 5.56 Å². The van der Waals surface area contributed by atoms with Gasteiger partial charge >= 0.3 is 5.69 Å². The first kappa shape index (κ1) is 14.5. The molecule has 0 atom stereocenters. The van der Waals surface area contributed by atoms with Crippen LogP contribution in [-0.2, 0) is 11.2 Å². The van der Waals surface area contributed by atoms with Crippen molar-refractivity contribution in [1.29, 1.82) is 0 Å². The van der Waals surface area contributed by atoms with Crippen molar-refractivity contribution in [3.63, 3.8) is 0 Å². The summed E-state index contributed by atoms with van der Waals surface area (Å²) < 4.78 is 5.01. The number of aromatic amines is 2. The van der Waals surface area contributed by atoms with E-state index in [2.05, 4.69) is 20.5 Å². The lowest BCUT2D eigenvalue weighted by Crippen LogP contribution is -2.28. The third-order valence-corrected chi connectivity index (χ3v) is 2.74. The molecule has 110 valence electrons. The van der Waals surface area contributed by atoms with Gasteiger partial charge in [-0.05, 0) is 24.3 Å². The molecule has 1 heterocycles. The number of aryl methyl sites for hydroxylation is 1. The zero-order chi connectivity index (χ0) is 15.2. The number of nitrogens with zero attached hydrogens (tertiary/aromatic N) is 1. The number of benzene rings is 1. The summed E-state index contributed by atoms with van der Waals surface area (Å²) in [6.07, 6.45) is 0.211. The number of aromatic nitrogens is 3. The molecular formula is C13H14N4O4. The first-order valence-corrected chi connectivity index (χ1v) is 6.20. The Morgan fingerprint density at radius 1 is 1.29 bits per heavy atom. The second-order valence-corrected chi connectivity index (χ2v) is 4.23. The SMILES string of the molecule is COc1ccc(NC(=O)CCc2n[nH]c(=O)[nH]c2=O)cc1. The third-order valence-electron chi connectivity index (χ3n) is 2.74. The molecule has 1 aromatic carbocycles. The van der Waals surface area contributed by atoms with Gasteiger partial charge in [0.15, 0.2) is 0 Å². The van der Waals surface area contributed by atoms with Crippen molar-refractivity contribution in [2.45, 2.75) is 12.8 Å². The first-order chi connectivity index (χ1) is 10.1. The first-order valence-electron chi connectivity index (χ1n) is 6.20. The van der Waals surface area contributed by atoms with Gasteiger partial charge < -0.3 is 10.1 Å². The highest BCUT2D eigenvalue weighted by Crippen LogP contribution is 2.15. The highest BCUT2D eigenvalue weighted by molar-refractivity contribution is 5.90. The lowest BCUT2D eigenvalue weighted by atomic mass is 10.2. The molecule has 8 nitrogen and oxygen atoms in total. The summed E-state index contributed by atoms with van der Waals surface area (Å²) in [6, 6.07) is 6.87. The summed E-state index contributed by atoms with van der Waals surface area (Å²) in [6.45, 7) is 0. The van der Waals surface area contributed by atoms with Crippen LogP contribution < -0.4 is 21.3 Å². The number of hydrogen-bond acceptors (Lipinski definition) is 5. The van der Waals surface area contributed by atoms with E-state index in [0.29, 0.717) is 11.4 Å². The maximum absolute atomic E-state index is 11.8. The Bertz CT molecular complexity index is 733. The number of hydrogen-bond donors (Lipinski definition) is 3. The molecule has 0 saturated carbocycles. The fourth-order valence-corrected chi connectivity index (χ4v) is 1.67. The maximum atomic E-state index is 11.8. The Balaban J connectivity index is 1.92. The molecular weight excluding hydrogens is 276 g/mol. The number of rotatable bonds is 5. The van der Waals surface area contributed by atoms with Crippen LogP contribution in [0.25, 0.3) is 0 Å². The van der Waals surface area contributed by atoms with Gasteiger partial charge in [-0.25, -0.2) is 9.89 Å². The van der Waals surface area contributed by atoms with Crippen molar-refractivity contribution in [3.05, 3.63) is 50.8 Å². The molecule has 2 aromatic rings. The third kappa shape index (κ3) is 4.03. The highest BCUT2D eigenvalue weighted by Gasteiger charge is 2.07. The molecule has 21 heavy (non-hydrogen) atoms. The van der Waals surface area contributed by atoms with Crippen LogP contribution in [0.1, 0.15) is 12.1 Å². The van der Waals surface area contributed by atoms with Crippen LogP contribution in [0.15, 0.2) is 33.9 Å². The molecule has 0 spiro atoms. The summed E-state index contributed by atoms with van der Waals surface area (Å²) in [5.41, 5.74) is -0.522. The maximum Gasteiger partial charge on any atom is 0.342 e. The number of H-pyrrole nitrogens is 2. The topological polar surface area (TPSA) is 117 Å². The Morgan fingerprint density at radius 3 is 2.62 bits per heavy atom. The molecule has 0 aliphatic carbocycles. The minimum atomic E-state index is -0.675. The van der Waals surface area contributed by atoms with E-state index in [0.717, 1.165) is 0 Å². The molecule has 0 bridgehead atoms. The van der Waals surface area contributed by atoms with Crippen LogP contribution in [0, 0.1) is 0 Å². The molecule has 8 heteroatoms. The summed E-state index contributed by atoms with van der Waals surface area (Å²) in [5.74, 6) is 0.435. The predicted octanol–water partition coefficient (Wildman–Crippen LogP) is 0.0381. The van der Waals surface area contributed by atoms with E-state index < -0.39 is 11.2 Å². The van der Waals surface area contributed by atoms with Crippen molar-refractivity contribution in [1.82, 2.24) is 15.2 Å². The van der Waals surface area contributed by atoms with Crippen LogP contribution in [0.5, 0.6) is 5.75 Å². The highest BCUT2D eigenvalue weighted by atomic mass is 16.5. The molecule has 0 aliphatic heterocycles. The lowest BCUT2D eigenvalue weighted by molar-refractivity contribution is -0.116. The number of anilines is 1. The van der Waals surface area contributed by atoms with Gasteiger partial charge in [-0.2, -0.15) is 5.10 Å². The summed E-state index contributed by atoms with van der Waals surface area (Å²) >= 11 is 0. The molecule has 1 amide bonds. The van der Waals surface area contributed by atoms with E-state index in [1.165, 1.54) is 0 Å². The second kappa shape index (κ2) is 6.51. The van der Waals surface area contributed by atoms with E-state index in [-0.39, 0.29) is 24.4 Å². The molecule has 0 fully saturated rings. The monoisotopic (exact) mass is 290 g/mol. The predicted molar refractivity (Wildman–Crippen MR) is 75.4 cm³/mol. The number of methoxy groups -OCH3 is 1. The van der Waals surface area contributed by atoms with Gasteiger partial charge in [0.1, 0.15) is 11.4 Å². The minimum absolute atomic E-state index is 0.0775. The van der Waals surface area contributed by atoms with Gasteiger partial charge in [0, 0.05) is 18.5 Å². The summed E-state index contributed by atoms with van der Waals surface area (Å²) in [4.78, 5) is 36.0. The van der Waals surface area contributed by atoms with Gasteiger partial charge in [0.2, 0.25) is 5.91 Å². The number of amides is 1. The van der Waals surface area contributed by atoms with E-state index in [1.807, 2.05) is 0 Å². The Kier molecular flexibility index (Phi) is 4.50. The van der Waals surface area contributed by atoms with E-state index in [1.54, 1.807) is 31.4 Å². The minimum Gasteiger partial charge on any atom is -0.497 e. The van der Waals surface area contributed by atoms with Crippen LogP contribution in [-0.4, -0.2) is 28.2 Å².